The van der Waals surface area contributed by atoms with Crippen LogP contribution in [0.15, 0.2) is 18.6 Å². The highest BCUT2D eigenvalue weighted by Gasteiger charge is 2.21. The number of anilines is 1. The third-order valence-electron chi connectivity index (χ3n) is 3.08. The highest BCUT2D eigenvalue weighted by molar-refractivity contribution is 5.29. The lowest BCUT2D eigenvalue weighted by Gasteiger charge is -2.28. The summed E-state index contributed by atoms with van der Waals surface area (Å²) >= 11 is 0. The first-order chi connectivity index (χ1) is 7.36. The number of nitrogens with one attached hydrogen (secondary N) is 1. The van der Waals surface area contributed by atoms with E-state index in [1.54, 1.807) is 18.6 Å². The van der Waals surface area contributed by atoms with Gasteiger partial charge in [-0.2, -0.15) is 0 Å². The van der Waals surface area contributed by atoms with Gasteiger partial charge >= 0.3 is 0 Å². The molecule has 2 atom stereocenters. The van der Waals surface area contributed by atoms with Crippen molar-refractivity contribution in [3.05, 3.63) is 18.6 Å². The molecule has 0 spiro atoms. The fourth-order valence-electron chi connectivity index (χ4n) is 2.12. The Bertz CT molecular complexity index is 288. The van der Waals surface area contributed by atoms with Gasteiger partial charge in [0.15, 0.2) is 0 Å². The van der Waals surface area contributed by atoms with Crippen molar-refractivity contribution in [1.82, 2.24) is 9.97 Å². The van der Waals surface area contributed by atoms with Crippen LogP contribution in [0.4, 0.5) is 5.82 Å². The molecule has 1 aliphatic carbocycles. The van der Waals surface area contributed by atoms with Crippen LogP contribution in [0.3, 0.4) is 0 Å². The SMILES string of the molecule is NC1CCCCC1CNc1cnccn1. The van der Waals surface area contributed by atoms with E-state index in [0.717, 1.165) is 18.8 Å². The number of rotatable bonds is 3. The smallest absolute Gasteiger partial charge is 0.144 e. The Morgan fingerprint density at radius 1 is 1.33 bits per heavy atom. The minimum Gasteiger partial charge on any atom is -0.368 e. The molecule has 0 bridgehead atoms. The highest BCUT2D eigenvalue weighted by atomic mass is 15.0. The summed E-state index contributed by atoms with van der Waals surface area (Å²) in [5, 5.41) is 3.29. The Morgan fingerprint density at radius 2 is 2.20 bits per heavy atom. The Labute approximate surface area is 90.3 Å². The quantitative estimate of drug-likeness (QED) is 0.784. The molecule has 1 saturated carbocycles. The van der Waals surface area contributed by atoms with Gasteiger partial charge in [0.05, 0.1) is 6.20 Å². The van der Waals surface area contributed by atoms with E-state index in [1.807, 2.05) is 0 Å². The normalized spacial score (nSPS) is 26.2. The first-order valence-corrected chi connectivity index (χ1v) is 5.62. The molecular weight excluding hydrogens is 188 g/mol. The number of hydrogen-bond acceptors (Lipinski definition) is 4. The lowest BCUT2D eigenvalue weighted by molar-refractivity contribution is 0.321. The van der Waals surface area contributed by atoms with Crippen molar-refractivity contribution in [2.45, 2.75) is 31.7 Å². The fraction of sp³-hybridized carbons (Fsp3) is 0.636. The summed E-state index contributed by atoms with van der Waals surface area (Å²) in [5.74, 6) is 1.43. The molecule has 0 aliphatic heterocycles. The molecule has 1 aliphatic rings. The molecule has 1 fully saturated rings. The van der Waals surface area contributed by atoms with Crippen LogP contribution >= 0.6 is 0 Å². The first kappa shape index (κ1) is 10.4. The Hall–Kier alpha value is -1.16. The first-order valence-electron chi connectivity index (χ1n) is 5.62. The predicted molar refractivity (Wildman–Crippen MR) is 60.5 cm³/mol. The van der Waals surface area contributed by atoms with E-state index in [4.69, 9.17) is 5.73 Å². The summed E-state index contributed by atoms with van der Waals surface area (Å²) < 4.78 is 0. The van der Waals surface area contributed by atoms with E-state index in [1.165, 1.54) is 19.3 Å². The number of aromatic nitrogens is 2. The van der Waals surface area contributed by atoms with E-state index >= 15 is 0 Å². The van der Waals surface area contributed by atoms with E-state index in [2.05, 4.69) is 15.3 Å². The van der Waals surface area contributed by atoms with Crippen LogP contribution in [0.5, 0.6) is 0 Å². The zero-order valence-electron chi connectivity index (χ0n) is 8.89. The van der Waals surface area contributed by atoms with Crippen LogP contribution in [0.1, 0.15) is 25.7 Å². The maximum atomic E-state index is 6.07. The van der Waals surface area contributed by atoms with Gasteiger partial charge in [-0.3, -0.25) is 4.98 Å². The zero-order valence-corrected chi connectivity index (χ0v) is 8.89. The van der Waals surface area contributed by atoms with Crippen LogP contribution in [-0.4, -0.2) is 22.6 Å². The summed E-state index contributed by atoms with van der Waals surface area (Å²) in [6.45, 7) is 0.917. The molecule has 0 saturated heterocycles. The maximum absolute atomic E-state index is 6.07. The summed E-state index contributed by atoms with van der Waals surface area (Å²) in [6, 6.07) is 0.350. The van der Waals surface area contributed by atoms with Gasteiger partial charge in [-0.15, -0.1) is 0 Å². The third kappa shape index (κ3) is 2.89. The Kier molecular flexibility index (Phi) is 3.50. The molecule has 2 rings (SSSR count). The lowest BCUT2D eigenvalue weighted by atomic mass is 9.85. The van der Waals surface area contributed by atoms with E-state index in [0.29, 0.717) is 12.0 Å². The van der Waals surface area contributed by atoms with E-state index in [-0.39, 0.29) is 0 Å². The Morgan fingerprint density at radius 3 is 2.93 bits per heavy atom. The van der Waals surface area contributed by atoms with Gasteiger partial charge in [0.1, 0.15) is 5.82 Å². The van der Waals surface area contributed by atoms with Crippen molar-refractivity contribution in [2.75, 3.05) is 11.9 Å². The second-order valence-corrected chi connectivity index (χ2v) is 4.18. The van der Waals surface area contributed by atoms with Gasteiger partial charge in [-0.1, -0.05) is 12.8 Å². The van der Waals surface area contributed by atoms with Gasteiger partial charge < -0.3 is 11.1 Å². The molecule has 0 amide bonds. The van der Waals surface area contributed by atoms with Crippen molar-refractivity contribution < 1.29 is 0 Å². The molecule has 4 heteroatoms. The Balaban J connectivity index is 1.82. The molecule has 1 aromatic rings. The number of nitrogens with two attached hydrogens (primary N) is 1. The standard InChI is InChI=1S/C11H18N4/c12-10-4-2-1-3-9(10)7-15-11-8-13-5-6-14-11/h5-6,8-10H,1-4,7,12H2,(H,14,15). The van der Waals surface area contributed by atoms with Crippen LogP contribution < -0.4 is 11.1 Å². The van der Waals surface area contributed by atoms with Crippen molar-refractivity contribution in [1.29, 1.82) is 0 Å². The molecule has 4 nitrogen and oxygen atoms in total. The summed E-state index contributed by atoms with van der Waals surface area (Å²) in [4.78, 5) is 8.18. The number of nitrogens with zero attached hydrogens (tertiary/aromatic N) is 2. The van der Waals surface area contributed by atoms with Crippen molar-refractivity contribution in [3.8, 4) is 0 Å². The van der Waals surface area contributed by atoms with Gasteiger partial charge in [0.2, 0.25) is 0 Å². The largest absolute Gasteiger partial charge is 0.368 e. The van der Waals surface area contributed by atoms with Crippen LogP contribution in [-0.2, 0) is 0 Å². The molecular formula is C11H18N4. The molecule has 1 aromatic heterocycles. The van der Waals surface area contributed by atoms with Gasteiger partial charge in [0, 0.05) is 25.0 Å². The second kappa shape index (κ2) is 5.07. The number of hydrogen-bond donors (Lipinski definition) is 2. The van der Waals surface area contributed by atoms with Gasteiger partial charge in [0.25, 0.3) is 0 Å². The van der Waals surface area contributed by atoms with Crippen molar-refractivity contribution in [3.63, 3.8) is 0 Å². The lowest BCUT2D eigenvalue weighted by Crippen LogP contribution is -2.37. The predicted octanol–water partition coefficient (Wildman–Crippen LogP) is 1.41. The van der Waals surface area contributed by atoms with Crippen molar-refractivity contribution >= 4 is 5.82 Å². The van der Waals surface area contributed by atoms with Crippen LogP contribution in [0, 0.1) is 5.92 Å². The summed E-state index contributed by atoms with van der Waals surface area (Å²) in [5.41, 5.74) is 6.07. The molecule has 15 heavy (non-hydrogen) atoms. The monoisotopic (exact) mass is 206 g/mol. The maximum Gasteiger partial charge on any atom is 0.144 e. The molecule has 0 radical (unpaired) electrons. The minimum absolute atomic E-state index is 0.350. The average Bonchev–Trinajstić information content (AvgIpc) is 2.29. The fourth-order valence-corrected chi connectivity index (χ4v) is 2.12. The van der Waals surface area contributed by atoms with Crippen LogP contribution in [0.25, 0.3) is 0 Å². The zero-order chi connectivity index (χ0) is 10.5. The summed E-state index contributed by atoms with van der Waals surface area (Å²) in [6.07, 6.45) is 10.1. The van der Waals surface area contributed by atoms with Crippen LogP contribution in [0.2, 0.25) is 0 Å². The van der Waals surface area contributed by atoms with E-state index < -0.39 is 0 Å². The molecule has 3 N–H and O–H groups in total. The van der Waals surface area contributed by atoms with Gasteiger partial charge in [-0.25, -0.2) is 4.98 Å². The topological polar surface area (TPSA) is 63.8 Å². The van der Waals surface area contributed by atoms with Crippen molar-refractivity contribution in [2.24, 2.45) is 11.7 Å². The third-order valence-corrected chi connectivity index (χ3v) is 3.08. The highest BCUT2D eigenvalue weighted by Crippen LogP contribution is 2.22. The summed E-state index contributed by atoms with van der Waals surface area (Å²) in [7, 11) is 0. The molecule has 2 unspecified atom stereocenters. The molecule has 0 aromatic carbocycles. The minimum atomic E-state index is 0.350. The average molecular weight is 206 g/mol. The molecule has 1 heterocycles. The van der Waals surface area contributed by atoms with Gasteiger partial charge in [-0.05, 0) is 18.8 Å². The molecule has 82 valence electrons. The van der Waals surface area contributed by atoms with E-state index in [9.17, 15) is 0 Å². The second-order valence-electron chi connectivity index (χ2n) is 4.18.